The van der Waals surface area contributed by atoms with Gasteiger partial charge in [-0.3, -0.25) is 29.4 Å². The van der Waals surface area contributed by atoms with Crippen LogP contribution in [0.4, 0.5) is 17.2 Å². The molecule has 1 saturated heterocycles. The maximum atomic E-state index is 12.6. The molecule has 1 unspecified atom stereocenters. The predicted molar refractivity (Wildman–Crippen MR) is 200 cm³/mol. The summed E-state index contributed by atoms with van der Waals surface area (Å²) in [5.74, 6) is -0.189. The third kappa shape index (κ3) is 8.75. The highest BCUT2D eigenvalue weighted by Crippen LogP contribution is 2.37. The monoisotopic (exact) mass is 725 g/mol. The second-order valence-corrected chi connectivity index (χ2v) is 13.5. The van der Waals surface area contributed by atoms with E-state index in [0.717, 1.165) is 49.7 Å². The van der Waals surface area contributed by atoms with E-state index in [4.69, 9.17) is 21.3 Å². The summed E-state index contributed by atoms with van der Waals surface area (Å²) < 4.78 is 6.61. The first-order chi connectivity index (χ1) is 24.7. The summed E-state index contributed by atoms with van der Waals surface area (Å²) in [4.78, 5) is 59.0. The fourth-order valence-electron chi connectivity index (χ4n) is 5.78. The highest BCUT2D eigenvalue weighted by atomic mass is 35.5. The molecule has 3 aromatic carbocycles. The molecule has 14 heteroatoms. The molecule has 2 aromatic heterocycles. The van der Waals surface area contributed by atoms with E-state index in [1.54, 1.807) is 41.5 Å². The number of pyridine rings is 1. The Bertz CT molecular complexity index is 2090. The number of amides is 3. The van der Waals surface area contributed by atoms with Crippen molar-refractivity contribution in [2.75, 3.05) is 49.8 Å². The number of hydrogen-bond donors (Lipinski definition) is 4. The van der Waals surface area contributed by atoms with Gasteiger partial charge in [0.1, 0.15) is 23.7 Å². The van der Waals surface area contributed by atoms with E-state index in [1.165, 1.54) is 0 Å². The van der Waals surface area contributed by atoms with E-state index in [0.29, 0.717) is 41.4 Å². The molecule has 262 valence electrons. The summed E-state index contributed by atoms with van der Waals surface area (Å²) in [6.07, 6.45) is 3.20. The summed E-state index contributed by atoms with van der Waals surface area (Å²) in [6, 6.07) is 20.3. The SMILES string of the molecule is CNc1ccc(-c2ccc(-c3nc4ccc(NCCOCC(=O)Nc5ccc(C=O)c(CN(C)C6CCC(=O)NC6=O)c5)cc4s3)c(Cl)c2)cn1. The van der Waals surface area contributed by atoms with Crippen LogP contribution in [0.25, 0.3) is 31.9 Å². The lowest BCUT2D eigenvalue weighted by atomic mass is 10.0. The third-order valence-corrected chi connectivity index (χ3v) is 9.83. The Labute approximate surface area is 303 Å². The smallest absolute Gasteiger partial charge is 0.250 e. The van der Waals surface area contributed by atoms with Crippen LogP contribution in [-0.2, 0) is 25.7 Å². The zero-order chi connectivity index (χ0) is 35.9. The number of nitrogens with one attached hydrogen (secondary N) is 4. The second-order valence-electron chi connectivity index (χ2n) is 12.0. The average Bonchev–Trinajstić information content (AvgIpc) is 3.55. The van der Waals surface area contributed by atoms with Crippen molar-refractivity contribution in [3.05, 3.63) is 89.1 Å². The number of aromatic nitrogens is 2. The molecule has 0 aliphatic carbocycles. The molecule has 12 nitrogen and oxygen atoms in total. The van der Waals surface area contributed by atoms with Gasteiger partial charge in [0.05, 0.1) is 27.9 Å². The van der Waals surface area contributed by atoms with Crippen LogP contribution >= 0.6 is 22.9 Å². The molecule has 4 N–H and O–H groups in total. The number of likely N-dealkylation sites (N-methyl/N-ethyl adjacent to an activating group) is 1. The number of imide groups is 1. The van der Waals surface area contributed by atoms with Crippen LogP contribution in [0.1, 0.15) is 28.8 Å². The minimum Gasteiger partial charge on any atom is -0.383 e. The number of ether oxygens (including phenoxy) is 1. The molecule has 3 heterocycles. The number of thiazole rings is 1. The zero-order valence-electron chi connectivity index (χ0n) is 28.0. The van der Waals surface area contributed by atoms with Crippen molar-refractivity contribution in [2.45, 2.75) is 25.4 Å². The lowest BCUT2D eigenvalue weighted by Gasteiger charge is -2.30. The van der Waals surface area contributed by atoms with Gasteiger partial charge in [-0.05, 0) is 85.3 Å². The number of aldehydes is 1. The molecule has 5 aromatic rings. The first-order valence-electron chi connectivity index (χ1n) is 16.3. The molecule has 0 bridgehead atoms. The van der Waals surface area contributed by atoms with Crippen LogP contribution in [0.5, 0.6) is 0 Å². The molecule has 51 heavy (non-hydrogen) atoms. The predicted octanol–water partition coefficient (Wildman–Crippen LogP) is 5.84. The summed E-state index contributed by atoms with van der Waals surface area (Å²) in [7, 11) is 3.59. The minimum atomic E-state index is -0.488. The molecule has 1 fully saturated rings. The largest absolute Gasteiger partial charge is 0.383 e. The molecule has 1 aliphatic heterocycles. The Kier molecular flexibility index (Phi) is 11.3. The van der Waals surface area contributed by atoms with Crippen molar-refractivity contribution in [2.24, 2.45) is 0 Å². The fraction of sp³-hybridized carbons (Fsp3) is 0.243. The van der Waals surface area contributed by atoms with Crippen molar-refractivity contribution in [3.8, 4) is 21.7 Å². The number of anilines is 3. The molecule has 1 atom stereocenters. The minimum absolute atomic E-state index is 0.156. The summed E-state index contributed by atoms with van der Waals surface area (Å²) in [6.45, 7) is 0.900. The maximum Gasteiger partial charge on any atom is 0.250 e. The van der Waals surface area contributed by atoms with E-state index in [9.17, 15) is 19.2 Å². The summed E-state index contributed by atoms with van der Waals surface area (Å²) in [5.41, 5.74) is 6.17. The van der Waals surface area contributed by atoms with Gasteiger partial charge < -0.3 is 20.7 Å². The van der Waals surface area contributed by atoms with Gasteiger partial charge in [0, 0.05) is 60.8 Å². The van der Waals surface area contributed by atoms with Crippen LogP contribution in [0.2, 0.25) is 5.02 Å². The second kappa shape index (κ2) is 16.2. The van der Waals surface area contributed by atoms with E-state index >= 15 is 0 Å². The van der Waals surface area contributed by atoms with E-state index in [1.807, 2.05) is 61.8 Å². The Morgan fingerprint density at radius 1 is 1.08 bits per heavy atom. The van der Waals surface area contributed by atoms with Gasteiger partial charge in [-0.2, -0.15) is 0 Å². The van der Waals surface area contributed by atoms with Crippen LogP contribution in [0.3, 0.4) is 0 Å². The standard InChI is InChI=1S/C37H36ClN7O5S/c1-39-33-11-5-23(18-41-33)22-4-8-28(29(38)16-22)37-43-30-9-7-26(17-32(30)51-37)40-13-14-50-21-35(48)42-27-6-3-24(20-46)25(15-27)19-45(2)31-10-12-34(47)44-36(31)49/h3-9,11,15-18,20,31,40H,10,12-14,19,21H2,1-2H3,(H,39,41)(H,42,48)(H,44,47,49). The Balaban J connectivity index is 0.982. The summed E-state index contributed by atoms with van der Waals surface area (Å²) >= 11 is 8.27. The van der Waals surface area contributed by atoms with Crippen LogP contribution < -0.4 is 21.3 Å². The highest BCUT2D eigenvalue weighted by molar-refractivity contribution is 7.21. The highest BCUT2D eigenvalue weighted by Gasteiger charge is 2.30. The number of nitrogens with zero attached hydrogens (tertiary/aromatic N) is 3. The Morgan fingerprint density at radius 2 is 1.90 bits per heavy atom. The molecule has 1 aliphatic rings. The van der Waals surface area contributed by atoms with Crippen molar-refractivity contribution in [3.63, 3.8) is 0 Å². The van der Waals surface area contributed by atoms with E-state index < -0.39 is 6.04 Å². The molecule has 3 amide bonds. The van der Waals surface area contributed by atoms with Crippen LogP contribution in [0.15, 0.2) is 72.9 Å². The molecular formula is C37H36ClN7O5S. The van der Waals surface area contributed by atoms with E-state index in [-0.39, 0.29) is 37.3 Å². The van der Waals surface area contributed by atoms with Crippen molar-refractivity contribution in [1.82, 2.24) is 20.2 Å². The number of piperidine rings is 1. The topological polar surface area (TPSA) is 155 Å². The number of fused-ring (bicyclic) bond motifs is 1. The number of carbonyl (C=O) groups is 4. The molecule has 0 spiro atoms. The maximum absolute atomic E-state index is 12.6. The Morgan fingerprint density at radius 3 is 2.65 bits per heavy atom. The third-order valence-electron chi connectivity index (χ3n) is 8.47. The van der Waals surface area contributed by atoms with Gasteiger partial charge in [-0.25, -0.2) is 9.97 Å². The molecule has 0 radical (unpaired) electrons. The van der Waals surface area contributed by atoms with Gasteiger partial charge >= 0.3 is 0 Å². The lowest BCUT2D eigenvalue weighted by Crippen LogP contribution is -2.51. The molecule has 6 rings (SSSR count). The first-order valence-corrected chi connectivity index (χ1v) is 17.5. The summed E-state index contributed by atoms with van der Waals surface area (Å²) in [5, 5.41) is 12.9. The fourth-order valence-corrected chi connectivity index (χ4v) is 7.15. The number of carbonyl (C=O) groups excluding carboxylic acids is 4. The van der Waals surface area contributed by atoms with Gasteiger partial charge in [0.15, 0.2) is 0 Å². The van der Waals surface area contributed by atoms with Crippen LogP contribution in [-0.4, -0.2) is 78.8 Å². The van der Waals surface area contributed by atoms with Gasteiger partial charge in [-0.15, -0.1) is 11.3 Å². The first kappa shape index (κ1) is 35.6. The van der Waals surface area contributed by atoms with Crippen molar-refractivity contribution < 1.29 is 23.9 Å². The van der Waals surface area contributed by atoms with Crippen LogP contribution in [0, 0.1) is 0 Å². The van der Waals surface area contributed by atoms with Gasteiger partial charge in [0.25, 0.3) is 0 Å². The number of hydrogen-bond acceptors (Lipinski definition) is 11. The molecule has 0 saturated carbocycles. The van der Waals surface area contributed by atoms with Gasteiger partial charge in [-0.1, -0.05) is 17.7 Å². The van der Waals surface area contributed by atoms with E-state index in [2.05, 4.69) is 26.3 Å². The van der Waals surface area contributed by atoms with Gasteiger partial charge in [0.2, 0.25) is 17.7 Å². The Hall–Kier alpha value is -5.21. The average molecular weight is 726 g/mol. The van der Waals surface area contributed by atoms with Crippen molar-refractivity contribution >= 4 is 74.4 Å². The normalized spacial score (nSPS) is 14.4. The number of rotatable bonds is 14. The lowest BCUT2D eigenvalue weighted by molar-refractivity contribution is -0.137. The zero-order valence-corrected chi connectivity index (χ0v) is 29.6. The molecular weight excluding hydrogens is 690 g/mol. The quantitative estimate of drug-likeness (QED) is 0.0624. The van der Waals surface area contributed by atoms with Crippen molar-refractivity contribution in [1.29, 1.82) is 0 Å². The number of benzene rings is 3. The number of halogens is 1.